The van der Waals surface area contributed by atoms with Gasteiger partial charge < -0.3 is 15.0 Å². The number of carbonyl (C=O) groups is 1. The molecule has 0 aliphatic carbocycles. The number of amides is 1. The summed E-state index contributed by atoms with van der Waals surface area (Å²) < 4.78 is 5.17. The number of alkyl carbamates (subject to hydrolysis) is 1. The third kappa shape index (κ3) is 6.17. The highest BCUT2D eigenvalue weighted by molar-refractivity contribution is 5.67. The van der Waals surface area contributed by atoms with Crippen LogP contribution < -0.4 is 5.32 Å². The maximum Gasteiger partial charge on any atom is 0.407 e. The molecule has 2 rings (SSSR count). The first-order chi connectivity index (χ1) is 10.2. The van der Waals surface area contributed by atoms with Gasteiger partial charge in [0.25, 0.3) is 0 Å². The normalized spacial score (nSPS) is 16.6. The molecule has 1 fully saturated rings. The average Bonchev–Trinajstić information content (AvgIpc) is 2.52. The van der Waals surface area contributed by atoms with Crippen molar-refractivity contribution in [1.29, 1.82) is 0 Å². The molecule has 0 aromatic heterocycles. The lowest BCUT2D eigenvalue weighted by atomic mass is 9.99. The first-order valence-electron chi connectivity index (χ1n) is 7.91. The molecule has 4 heteroatoms. The standard InChI is InChI=1S/C17H26N2O2/c1-15-8-12-19(13-9-15)11-5-10-18-17(20)21-14-16-6-3-2-4-7-16/h2-4,6-7,15H,5,8-14H2,1H3,(H,18,20). The minimum absolute atomic E-state index is 0.328. The summed E-state index contributed by atoms with van der Waals surface area (Å²) in [5.41, 5.74) is 1.01. The largest absolute Gasteiger partial charge is 0.445 e. The molecule has 21 heavy (non-hydrogen) atoms. The number of likely N-dealkylation sites (tertiary alicyclic amines) is 1. The predicted molar refractivity (Wildman–Crippen MR) is 84.1 cm³/mol. The Balaban J connectivity index is 1.51. The Morgan fingerprint density at radius 3 is 2.71 bits per heavy atom. The molecule has 0 radical (unpaired) electrons. The molecule has 0 spiro atoms. The Morgan fingerprint density at radius 1 is 1.29 bits per heavy atom. The van der Waals surface area contributed by atoms with Crippen molar-refractivity contribution in [1.82, 2.24) is 10.2 Å². The quantitative estimate of drug-likeness (QED) is 0.819. The van der Waals surface area contributed by atoms with E-state index in [1.165, 1.54) is 25.9 Å². The average molecular weight is 290 g/mol. The van der Waals surface area contributed by atoms with Gasteiger partial charge >= 0.3 is 6.09 Å². The summed E-state index contributed by atoms with van der Waals surface area (Å²) in [5, 5.41) is 2.81. The zero-order valence-electron chi connectivity index (χ0n) is 12.9. The third-order valence-corrected chi connectivity index (χ3v) is 4.01. The fraction of sp³-hybridized carbons (Fsp3) is 0.588. The van der Waals surface area contributed by atoms with Crippen LogP contribution in [0.15, 0.2) is 30.3 Å². The van der Waals surface area contributed by atoms with Gasteiger partial charge in [-0.1, -0.05) is 37.3 Å². The Labute approximate surface area is 127 Å². The van der Waals surface area contributed by atoms with E-state index in [0.29, 0.717) is 13.2 Å². The van der Waals surface area contributed by atoms with E-state index in [4.69, 9.17) is 4.74 Å². The highest BCUT2D eigenvalue weighted by Gasteiger charge is 2.14. The third-order valence-electron chi connectivity index (χ3n) is 4.01. The van der Waals surface area contributed by atoms with E-state index in [2.05, 4.69) is 17.1 Å². The first-order valence-corrected chi connectivity index (χ1v) is 7.91. The lowest BCUT2D eigenvalue weighted by Gasteiger charge is -2.30. The number of ether oxygens (including phenoxy) is 1. The van der Waals surface area contributed by atoms with Crippen LogP contribution in [0.5, 0.6) is 0 Å². The predicted octanol–water partition coefficient (Wildman–Crippen LogP) is 3.03. The molecule has 1 aliphatic heterocycles. The Hall–Kier alpha value is -1.55. The molecule has 4 nitrogen and oxygen atoms in total. The fourth-order valence-electron chi connectivity index (χ4n) is 2.55. The van der Waals surface area contributed by atoms with Crippen molar-refractivity contribution in [2.45, 2.75) is 32.8 Å². The van der Waals surface area contributed by atoms with Gasteiger partial charge in [0.2, 0.25) is 0 Å². The number of nitrogens with one attached hydrogen (secondary N) is 1. The second-order valence-electron chi connectivity index (χ2n) is 5.87. The zero-order chi connectivity index (χ0) is 14.9. The molecule has 0 atom stereocenters. The number of benzene rings is 1. The van der Waals surface area contributed by atoms with E-state index in [-0.39, 0.29) is 6.09 Å². The van der Waals surface area contributed by atoms with Crippen molar-refractivity contribution in [2.24, 2.45) is 5.92 Å². The van der Waals surface area contributed by atoms with Gasteiger partial charge in [-0.25, -0.2) is 4.79 Å². The molecule has 1 aromatic carbocycles. The monoisotopic (exact) mass is 290 g/mol. The number of piperidine rings is 1. The van der Waals surface area contributed by atoms with Gasteiger partial charge in [0, 0.05) is 6.54 Å². The van der Waals surface area contributed by atoms with Crippen molar-refractivity contribution in [3.8, 4) is 0 Å². The van der Waals surface area contributed by atoms with E-state index >= 15 is 0 Å². The van der Waals surface area contributed by atoms with Gasteiger partial charge in [0.1, 0.15) is 6.61 Å². The first kappa shape index (κ1) is 15.8. The van der Waals surface area contributed by atoms with Crippen molar-refractivity contribution in [3.63, 3.8) is 0 Å². The molecular formula is C17H26N2O2. The van der Waals surface area contributed by atoms with E-state index in [1.807, 2.05) is 30.3 Å². The SMILES string of the molecule is CC1CCN(CCCNC(=O)OCc2ccccc2)CC1. The summed E-state index contributed by atoms with van der Waals surface area (Å²) in [6.07, 6.45) is 3.25. The summed E-state index contributed by atoms with van der Waals surface area (Å²) in [6.45, 7) is 6.78. The molecule has 1 aromatic rings. The van der Waals surface area contributed by atoms with Crippen molar-refractivity contribution < 1.29 is 9.53 Å². The molecule has 116 valence electrons. The van der Waals surface area contributed by atoms with Crippen LogP contribution in [0.1, 0.15) is 31.7 Å². The van der Waals surface area contributed by atoms with E-state index in [9.17, 15) is 4.79 Å². The van der Waals surface area contributed by atoms with Gasteiger partial charge in [-0.2, -0.15) is 0 Å². The smallest absolute Gasteiger partial charge is 0.407 e. The summed E-state index contributed by atoms with van der Waals surface area (Å²) in [6, 6.07) is 9.73. The van der Waals surface area contributed by atoms with Gasteiger partial charge in [0.05, 0.1) is 0 Å². The Kier molecular flexibility index (Phi) is 6.54. The van der Waals surface area contributed by atoms with Gasteiger partial charge in [-0.05, 0) is 50.4 Å². The van der Waals surface area contributed by atoms with Gasteiger partial charge in [-0.15, -0.1) is 0 Å². The highest BCUT2D eigenvalue weighted by Crippen LogP contribution is 2.15. The lowest BCUT2D eigenvalue weighted by molar-refractivity contribution is 0.138. The summed E-state index contributed by atoms with van der Waals surface area (Å²) in [7, 11) is 0. The number of carbonyl (C=O) groups excluding carboxylic acids is 1. The molecule has 0 unspecified atom stereocenters. The Morgan fingerprint density at radius 2 is 2.00 bits per heavy atom. The van der Waals surface area contributed by atoms with E-state index in [0.717, 1.165) is 24.4 Å². The van der Waals surface area contributed by atoms with E-state index in [1.54, 1.807) is 0 Å². The molecule has 1 saturated heterocycles. The fourth-order valence-corrected chi connectivity index (χ4v) is 2.55. The molecule has 0 bridgehead atoms. The molecular weight excluding hydrogens is 264 g/mol. The zero-order valence-corrected chi connectivity index (χ0v) is 12.9. The van der Waals surface area contributed by atoms with Crippen LogP contribution in [-0.4, -0.2) is 37.2 Å². The van der Waals surface area contributed by atoms with Crippen LogP contribution in [0.25, 0.3) is 0 Å². The van der Waals surface area contributed by atoms with Crippen molar-refractivity contribution >= 4 is 6.09 Å². The van der Waals surface area contributed by atoms with Crippen molar-refractivity contribution in [3.05, 3.63) is 35.9 Å². The van der Waals surface area contributed by atoms with Gasteiger partial charge in [0.15, 0.2) is 0 Å². The molecule has 1 amide bonds. The van der Waals surface area contributed by atoms with Crippen molar-refractivity contribution in [2.75, 3.05) is 26.2 Å². The molecule has 1 N–H and O–H groups in total. The Bertz CT molecular complexity index is 414. The molecule has 0 saturated carbocycles. The lowest BCUT2D eigenvalue weighted by Crippen LogP contribution is -2.35. The summed E-state index contributed by atoms with van der Waals surface area (Å²) in [5.74, 6) is 0.868. The maximum atomic E-state index is 11.6. The van der Waals surface area contributed by atoms with Crippen LogP contribution in [0, 0.1) is 5.92 Å². The minimum atomic E-state index is -0.328. The second kappa shape index (κ2) is 8.67. The number of rotatable bonds is 6. The van der Waals surface area contributed by atoms with Crippen LogP contribution in [0.4, 0.5) is 4.79 Å². The molecule has 1 heterocycles. The van der Waals surface area contributed by atoms with Crippen LogP contribution in [0.3, 0.4) is 0 Å². The summed E-state index contributed by atoms with van der Waals surface area (Å²) >= 11 is 0. The minimum Gasteiger partial charge on any atom is -0.445 e. The van der Waals surface area contributed by atoms with Gasteiger partial charge in [-0.3, -0.25) is 0 Å². The summed E-state index contributed by atoms with van der Waals surface area (Å²) in [4.78, 5) is 14.0. The topological polar surface area (TPSA) is 41.6 Å². The number of nitrogens with zero attached hydrogens (tertiary/aromatic N) is 1. The van der Waals surface area contributed by atoms with E-state index < -0.39 is 0 Å². The van der Waals surface area contributed by atoms with Crippen LogP contribution in [-0.2, 0) is 11.3 Å². The second-order valence-corrected chi connectivity index (χ2v) is 5.87. The highest BCUT2D eigenvalue weighted by atomic mass is 16.5. The van der Waals surface area contributed by atoms with Crippen LogP contribution >= 0.6 is 0 Å². The van der Waals surface area contributed by atoms with Crippen LogP contribution in [0.2, 0.25) is 0 Å². The number of hydrogen-bond donors (Lipinski definition) is 1. The maximum absolute atomic E-state index is 11.6. The molecule has 1 aliphatic rings. The number of hydrogen-bond acceptors (Lipinski definition) is 3.